The van der Waals surface area contributed by atoms with Gasteiger partial charge in [0.05, 0.1) is 5.60 Å². The zero-order chi connectivity index (χ0) is 16.2. The van der Waals surface area contributed by atoms with Crippen molar-refractivity contribution < 1.29 is 24.1 Å². The van der Waals surface area contributed by atoms with Crippen molar-refractivity contribution >= 4 is 11.8 Å². The molecule has 6 nitrogen and oxygen atoms in total. The van der Waals surface area contributed by atoms with E-state index >= 15 is 0 Å². The second kappa shape index (κ2) is 7.15. The average Bonchev–Trinajstić information content (AvgIpc) is 2.64. The van der Waals surface area contributed by atoms with Crippen molar-refractivity contribution in [3.05, 3.63) is 11.1 Å². The molecule has 1 atom stereocenters. The van der Waals surface area contributed by atoms with Crippen molar-refractivity contribution in [2.75, 3.05) is 13.7 Å². The van der Waals surface area contributed by atoms with E-state index in [2.05, 4.69) is 0 Å². The number of ether oxygens (including phenoxy) is 1. The predicted octanol–water partition coefficient (Wildman–Crippen LogP) is 2.19. The Balaban J connectivity index is 2.50. The summed E-state index contributed by atoms with van der Waals surface area (Å²) in [5.41, 5.74) is 0.585. The Morgan fingerprint density at radius 2 is 1.67 bits per heavy atom. The Morgan fingerprint density at radius 3 is 2.10 bits per heavy atom. The standard InChI is InChI=1S/C15H25NO5/c1-7-15(4,5)21-20-12(19-6)8-9-16-13(17)10(2)11(3)14(16)18/h12H,7-9H2,1-6H3. The molecule has 1 rings (SSSR count). The Labute approximate surface area is 126 Å². The molecular weight excluding hydrogens is 274 g/mol. The van der Waals surface area contributed by atoms with Crippen molar-refractivity contribution in [3.63, 3.8) is 0 Å². The van der Waals surface area contributed by atoms with E-state index in [-0.39, 0.29) is 18.4 Å². The third-order valence-electron chi connectivity index (χ3n) is 3.78. The molecule has 2 amide bonds. The van der Waals surface area contributed by atoms with Crippen LogP contribution in [0.3, 0.4) is 0 Å². The molecule has 0 saturated carbocycles. The number of hydrogen-bond donors (Lipinski definition) is 0. The van der Waals surface area contributed by atoms with Gasteiger partial charge in [0.2, 0.25) is 0 Å². The van der Waals surface area contributed by atoms with E-state index in [0.29, 0.717) is 17.6 Å². The SMILES string of the molecule is CCC(C)(C)OOC(CCN1C(=O)C(C)=C(C)C1=O)OC. The van der Waals surface area contributed by atoms with E-state index in [4.69, 9.17) is 14.5 Å². The summed E-state index contributed by atoms with van der Waals surface area (Å²) in [4.78, 5) is 35.6. The summed E-state index contributed by atoms with van der Waals surface area (Å²) in [5, 5.41) is 0. The molecule has 0 radical (unpaired) electrons. The molecule has 6 heteroatoms. The maximum atomic E-state index is 11.9. The molecular formula is C15H25NO5. The van der Waals surface area contributed by atoms with Crippen LogP contribution in [0.1, 0.15) is 47.5 Å². The minimum Gasteiger partial charge on any atom is -0.353 e. The molecule has 0 aromatic heterocycles. The molecule has 21 heavy (non-hydrogen) atoms. The molecule has 0 bridgehead atoms. The fourth-order valence-corrected chi connectivity index (χ4v) is 1.70. The van der Waals surface area contributed by atoms with Crippen LogP contribution in [0.2, 0.25) is 0 Å². The number of imide groups is 1. The highest BCUT2D eigenvalue weighted by atomic mass is 17.2. The van der Waals surface area contributed by atoms with Crippen molar-refractivity contribution in [2.45, 2.75) is 59.4 Å². The highest BCUT2D eigenvalue weighted by molar-refractivity contribution is 6.18. The lowest BCUT2D eigenvalue weighted by Crippen LogP contribution is -2.35. The monoisotopic (exact) mass is 299 g/mol. The van der Waals surface area contributed by atoms with Gasteiger partial charge in [0.1, 0.15) is 0 Å². The van der Waals surface area contributed by atoms with Crippen LogP contribution in [0.5, 0.6) is 0 Å². The molecule has 120 valence electrons. The molecule has 0 aliphatic carbocycles. The van der Waals surface area contributed by atoms with E-state index in [0.717, 1.165) is 6.42 Å². The first-order valence-corrected chi connectivity index (χ1v) is 7.14. The smallest absolute Gasteiger partial charge is 0.256 e. The van der Waals surface area contributed by atoms with Gasteiger partial charge in [-0.3, -0.25) is 14.5 Å². The lowest BCUT2D eigenvalue weighted by Gasteiger charge is -2.25. The van der Waals surface area contributed by atoms with E-state index in [1.54, 1.807) is 13.8 Å². The maximum Gasteiger partial charge on any atom is 0.256 e. The maximum absolute atomic E-state index is 11.9. The second-order valence-electron chi connectivity index (χ2n) is 5.76. The molecule has 1 aliphatic heterocycles. The summed E-state index contributed by atoms with van der Waals surface area (Å²) >= 11 is 0. The predicted molar refractivity (Wildman–Crippen MR) is 77.0 cm³/mol. The molecule has 0 aromatic rings. The molecule has 0 aromatic carbocycles. The first kappa shape index (κ1) is 17.8. The van der Waals surface area contributed by atoms with Gasteiger partial charge in [-0.25, -0.2) is 9.78 Å². The fraction of sp³-hybridized carbons (Fsp3) is 0.733. The summed E-state index contributed by atoms with van der Waals surface area (Å²) in [7, 11) is 1.50. The lowest BCUT2D eigenvalue weighted by atomic mass is 10.1. The summed E-state index contributed by atoms with van der Waals surface area (Å²) in [6.07, 6.45) is 0.515. The number of methoxy groups -OCH3 is 1. The van der Waals surface area contributed by atoms with Crippen molar-refractivity contribution in [1.82, 2.24) is 4.90 Å². The minimum absolute atomic E-state index is 0.237. The fourth-order valence-electron chi connectivity index (χ4n) is 1.70. The van der Waals surface area contributed by atoms with Gasteiger partial charge in [-0.05, 0) is 34.1 Å². The first-order valence-electron chi connectivity index (χ1n) is 7.14. The normalized spacial score (nSPS) is 17.9. The molecule has 0 saturated heterocycles. The van der Waals surface area contributed by atoms with Gasteiger partial charge >= 0.3 is 0 Å². The number of amides is 2. The van der Waals surface area contributed by atoms with E-state index in [1.165, 1.54) is 12.0 Å². The molecule has 0 spiro atoms. The van der Waals surface area contributed by atoms with E-state index < -0.39 is 11.9 Å². The van der Waals surface area contributed by atoms with Crippen LogP contribution >= 0.6 is 0 Å². The number of nitrogens with zero attached hydrogens (tertiary/aromatic N) is 1. The van der Waals surface area contributed by atoms with Crippen LogP contribution in [0.15, 0.2) is 11.1 Å². The van der Waals surface area contributed by atoms with Crippen LogP contribution in [0.25, 0.3) is 0 Å². The molecule has 0 N–H and O–H groups in total. The van der Waals surface area contributed by atoms with Crippen molar-refractivity contribution in [2.24, 2.45) is 0 Å². The quantitative estimate of drug-likeness (QED) is 0.297. The number of carbonyl (C=O) groups excluding carboxylic acids is 2. The van der Waals surface area contributed by atoms with Crippen LogP contribution < -0.4 is 0 Å². The Kier molecular flexibility index (Phi) is 6.07. The van der Waals surface area contributed by atoms with E-state index in [9.17, 15) is 9.59 Å². The van der Waals surface area contributed by atoms with E-state index in [1.807, 2.05) is 20.8 Å². The largest absolute Gasteiger partial charge is 0.353 e. The number of rotatable bonds is 8. The summed E-state index contributed by atoms with van der Waals surface area (Å²) in [6, 6.07) is 0. The topological polar surface area (TPSA) is 65.1 Å². The van der Waals surface area contributed by atoms with Crippen LogP contribution in [-0.2, 0) is 24.1 Å². The minimum atomic E-state index is -0.627. The third-order valence-corrected chi connectivity index (χ3v) is 3.78. The summed E-state index contributed by atoms with van der Waals surface area (Å²) in [6.45, 7) is 9.36. The van der Waals surface area contributed by atoms with Gasteiger partial charge in [0.25, 0.3) is 11.8 Å². The summed E-state index contributed by atoms with van der Waals surface area (Å²) < 4.78 is 5.16. The van der Waals surface area contributed by atoms with Crippen LogP contribution in [0.4, 0.5) is 0 Å². The zero-order valence-corrected chi connectivity index (χ0v) is 13.7. The van der Waals surface area contributed by atoms with Gasteiger partial charge in [0, 0.05) is 31.2 Å². The Hall–Kier alpha value is -1.24. The van der Waals surface area contributed by atoms with Crippen molar-refractivity contribution in [3.8, 4) is 0 Å². The average molecular weight is 299 g/mol. The number of carbonyl (C=O) groups is 2. The van der Waals surface area contributed by atoms with Gasteiger partial charge in [-0.15, -0.1) is 0 Å². The van der Waals surface area contributed by atoms with Gasteiger partial charge in [-0.1, -0.05) is 6.92 Å². The highest BCUT2D eigenvalue weighted by Crippen LogP contribution is 2.21. The van der Waals surface area contributed by atoms with Crippen molar-refractivity contribution in [1.29, 1.82) is 0 Å². The number of hydrogen-bond acceptors (Lipinski definition) is 5. The van der Waals surface area contributed by atoms with Crippen LogP contribution in [0, 0.1) is 0 Å². The molecule has 1 unspecified atom stereocenters. The second-order valence-corrected chi connectivity index (χ2v) is 5.76. The summed E-state index contributed by atoms with van der Waals surface area (Å²) in [5.74, 6) is -0.496. The highest BCUT2D eigenvalue weighted by Gasteiger charge is 2.33. The Bertz CT molecular complexity index is 417. The van der Waals surface area contributed by atoms with Gasteiger partial charge in [-0.2, -0.15) is 0 Å². The molecule has 0 fully saturated rings. The van der Waals surface area contributed by atoms with Crippen LogP contribution in [-0.4, -0.2) is 42.3 Å². The molecule has 1 aliphatic rings. The van der Waals surface area contributed by atoms with Gasteiger partial charge < -0.3 is 4.74 Å². The van der Waals surface area contributed by atoms with Gasteiger partial charge in [0.15, 0.2) is 6.29 Å². The zero-order valence-electron chi connectivity index (χ0n) is 13.7. The lowest BCUT2D eigenvalue weighted by molar-refractivity contribution is -0.417. The third kappa shape index (κ3) is 4.36. The first-order chi connectivity index (χ1) is 9.73. The molecule has 1 heterocycles. The Morgan fingerprint density at radius 1 is 1.14 bits per heavy atom.